The molecule has 130 valence electrons. The molecule has 0 amide bonds. The summed E-state index contributed by atoms with van der Waals surface area (Å²) in [4.78, 5) is 25.8. The Labute approximate surface area is 146 Å². The van der Waals surface area contributed by atoms with Crippen LogP contribution in [-0.4, -0.2) is 40.2 Å². The number of piperidine rings is 1. The van der Waals surface area contributed by atoms with Gasteiger partial charge < -0.3 is 9.67 Å². The van der Waals surface area contributed by atoms with Gasteiger partial charge in [-0.1, -0.05) is 36.4 Å². The van der Waals surface area contributed by atoms with Crippen molar-refractivity contribution < 1.29 is 9.90 Å². The van der Waals surface area contributed by atoms with Crippen molar-refractivity contribution in [3.05, 3.63) is 70.1 Å². The third-order valence-electron chi connectivity index (χ3n) is 5.52. The normalized spacial score (nSPS) is 25.4. The van der Waals surface area contributed by atoms with Gasteiger partial charge in [0.15, 0.2) is 0 Å². The summed E-state index contributed by atoms with van der Waals surface area (Å²) in [6, 6.07) is 15.8. The predicted octanol–water partition coefficient (Wildman–Crippen LogP) is 2.14. The minimum Gasteiger partial charge on any atom is -0.480 e. The maximum atomic E-state index is 12.6. The fraction of sp³-hybridized carbons (Fsp3) is 0.400. The van der Waals surface area contributed by atoms with Crippen LogP contribution in [0.5, 0.6) is 0 Å². The fourth-order valence-electron chi connectivity index (χ4n) is 4.57. The molecule has 0 saturated carbocycles. The van der Waals surface area contributed by atoms with Crippen molar-refractivity contribution in [2.75, 3.05) is 19.6 Å². The van der Waals surface area contributed by atoms with E-state index in [4.69, 9.17) is 0 Å². The topological polar surface area (TPSA) is 62.5 Å². The quantitative estimate of drug-likeness (QED) is 0.928. The number of aromatic nitrogens is 1. The first kappa shape index (κ1) is 16.1. The molecule has 5 nitrogen and oxygen atoms in total. The van der Waals surface area contributed by atoms with Gasteiger partial charge in [-0.15, -0.1) is 0 Å². The monoisotopic (exact) mass is 338 g/mol. The van der Waals surface area contributed by atoms with Gasteiger partial charge in [0.25, 0.3) is 5.56 Å². The minimum absolute atomic E-state index is 0.0554. The zero-order valence-corrected chi connectivity index (χ0v) is 14.0. The van der Waals surface area contributed by atoms with Gasteiger partial charge in [-0.3, -0.25) is 14.5 Å². The van der Waals surface area contributed by atoms with E-state index in [0.29, 0.717) is 12.5 Å². The summed E-state index contributed by atoms with van der Waals surface area (Å²) in [7, 11) is 0. The number of fused-ring (bicyclic) bond motifs is 4. The number of aliphatic carboxylic acids is 1. The SMILES string of the molecule is O=C(O)CN1C[C@H]2C[C@@H](C1)[C@H](Cc1ccccc1)n1c2cccc1=O. The van der Waals surface area contributed by atoms with Crippen LogP contribution in [0.4, 0.5) is 0 Å². The lowest BCUT2D eigenvalue weighted by Crippen LogP contribution is -2.50. The van der Waals surface area contributed by atoms with Gasteiger partial charge in [0.05, 0.1) is 6.54 Å². The second-order valence-electron chi connectivity index (χ2n) is 7.20. The van der Waals surface area contributed by atoms with E-state index >= 15 is 0 Å². The van der Waals surface area contributed by atoms with Crippen molar-refractivity contribution in [2.24, 2.45) is 5.92 Å². The molecule has 2 bridgehead atoms. The summed E-state index contributed by atoms with van der Waals surface area (Å²) in [5, 5.41) is 9.17. The highest BCUT2D eigenvalue weighted by molar-refractivity contribution is 5.69. The number of rotatable bonds is 4. The zero-order chi connectivity index (χ0) is 17.4. The van der Waals surface area contributed by atoms with Crippen LogP contribution in [0.2, 0.25) is 0 Å². The molecule has 2 aliphatic heterocycles. The predicted molar refractivity (Wildman–Crippen MR) is 94.8 cm³/mol. The molecule has 3 atom stereocenters. The van der Waals surface area contributed by atoms with Gasteiger partial charge >= 0.3 is 5.97 Å². The Hall–Kier alpha value is -2.40. The molecule has 1 saturated heterocycles. The average Bonchev–Trinajstić information content (AvgIpc) is 2.59. The molecule has 1 aromatic heterocycles. The van der Waals surface area contributed by atoms with Crippen LogP contribution < -0.4 is 5.56 Å². The van der Waals surface area contributed by atoms with Crippen molar-refractivity contribution in [3.8, 4) is 0 Å². The van der Waals surface area contributed by atoms with Gasteiger partial charge in [-0.05, 0) is 30.4 Å². The number of nitrogens with zero attached hydrogens (tertiary/aromatic N) is 2. The molecule has 2 aromatic rings. The van der Waals surface area contributed by atoms with Crippen molar-refractivity contribution in [1.29, 1.82) is 0 Å². The van der Waals surface area contributed by atoms with Crippen LogP contribution in [0.25, 0.3) is 0 Å². The second-order valence-corrected chi connectivity index (χ2v) is 7.20. The number of likely N-dealkylation sites (tertiary alicyclic amines) is 1. The van der Waals surface area contributed by atoms with E-state index in [9.17, 15) is 14.7 Å². The summed E-state index contributed by atoms with van der Waals surface area (Å²) in [6.07, 6.45) is 1.83. The highest BCUT2D eigenvalue weighted by Gasteiger charge is 2.40. The smallest absolute Gasteiger partial charge is 0.317 e. The van der Waals surface area contributed by atoms with Crippen molar-refractivity contribution in [1.82, 2.24) is 9.47 Å². The minimum atomic E-state index is -0.787. The van der Waals surface area contributed by atoms with E-state index < -0.39 is 5.97 Å². The molecule has 0 unspecified atom stereocenters. The van der Waals surface area contributed by atoms with E-state index in [2.05, 4.69) is 12.1 Å². The van der Waals surface area contributed by atoms with Crippen LogP contribution in [0.3, 0.4) is 0 Å². The van der Waals surface area contributed by atoms with Crippen LogP contribution in [0, 0.1) is 5.92 Å². The molecule has 1 fully saturated rings. The third-order valence-corrected chi connectivity index (χ3v) is 5.52. The summed E-state index contributed by atoms with van der Waals surface area (Å²) < 4.78 is 1.98. The van der Waals surface area contributed by atoms with E-state index in [1.54, 1.807) is 6.07 Å². The number of hydrogen-bond donors (Lipinski definition) is 1. The van der Waals surface area contributed by atoms with Gasteiger partial charge in [0.2, 0.25) is 0 Å². The third kappa shape index (κ3) is 3.12. The number of carbonyl (C=O) groups is 1. The van der Waals surface area contributed by atoms with Crippen LogP contribution in [0.15, 0.2) is 53.3 Å². The molecular weight excluding hydrogens is 316 g/mol. The molecule has 1 N–H and O–H groups in total. The highest BCUT2D eigenvalue weighted by atomic mass is 16.4. The Morgan fingerprint density at radius 2 is 1.88 bits per heavy atom. The lowest BCUT2D eigenvalue weighted by Gasteiger charge is -2.46. The van der Waals surface area contributed by atoms with Crippen LogP contribution in [-0.2, 0) is 11.2 Å². The van der Waals surface area contributed by atoms with Gasteiger partial charge in [-0.25, -0.2) is 0 Å². The number of pyridine rings is 1. The summed E-state index contributed by atoms with van der Waals surface area (Å²) >= 11 is 0. The molecule has 5 heteroatoms. The number of carboxylic acids is 1. The highest BCUT2D eigenvalue weighted by Crippen LogP contribution is 2.42. The standard InChI is InChI=1S/C20H22N2O3/c23-19-8-4-7-17-15-10-16(12-21(11-15)13-20(24)25)18(22(17)19)9-14-5-2-1-3-6-14/h1-8,15-16,18H,9-13H2,(H,24,25)/t15-,16+,18+/m1/s1. The summed E-state index contributed by atoms with van der Waals surface area (Å²) in [6.45, 7) is 1.52. The lowest BCUT2D eigenvalue weighted by molar-refractivity contribution is -0.139. The molecular formula is C20H22N2O3. The first-order valence-corrected chi connectivity index (χ1v) is 8.81. The lowest BCUT2D eigenvalue weighted by atomic mass is 9.76. The molecule has 0 spiro atoms. The van der Waals surface area contributed by atoms with Crippen LogP contribution in [0.1, 0.15) is 29.6 Å². The van der Waals surface area contributed by atoms with Crippen molar-refractivity contribution in [2.45, 2.75) is 24.8 Å². The fourth-order valence-corrected chi connectivity index (χ4v) is 4.57. The Kier molecular flexibility index (Phi) is 4.17. The number of carboxylic acid groups (broad SMARTS) is 1. The maximum absolute atomic E-state index is 12.6. The molecule has 2 aliphatic rings. The molecule has 0 radical (unpaired) electrons. The Bertz CT molecular complexity index is 830. The average molecular weight is 338 g/mol. The van der Waals surface area contributed by atoms with E-state index in [-0.39, 0.29) is 24.1 Å². The first-order valence-electron chi connectivity index (χ1n) is 8.81. The van der Waals surface area contributed by atoms with Gasteiger partial charge in [0, 0.05) is 36.8 Å². The second kappa shape index (κ2) is 6.48. The van der Waals surface area contributed by atoms with Crippen LogP contribution >= 0.6 is 0 Å². The van der Waals surface area contributed by atoms with E-state index in [0.717, 1.165) is 25.1 Å². The first-order chi connectivity index (χ1) is 12.1. The largest absolute Gasteiger partial charge is 0.480 e. The van der Waals surface area contributed by atoms with Gasteiger partial charge in [-0.2, -0.15) is 0 Å². The maximum Gasteiger partial charge on any atom is 0.317 e. The molecule has 0 aliphatic carbocycles. The van der Waals surface area contributed by atoms with Gasteiger partial charge in [0.1, 0.15) is 0 Å². The number of benzene rings is 1. The zero-order valence-electron chi connectivity index (χ0n) is 14.0. The summed E-state index contributed by atoms with van der Waals surface area (Å²) in [5.74, 6) is -0.255. The Morgan fingerprint density at radius 3 is 2.64 bits per heavy atom. The van der Waals surface area contributed by atoms with E-state index in [1.165, 1.54) is 5.56 Å². The summed E-state index contributed by atoms with van der Waals surface area (Å²) in [5.41, 5.74) is 2.32. The Morgan fingerprint density at radius 1 is 1.08 bits per heavy atom. The molecule has 3 heterocycles. The number of hydrogen-bond acceptors (Lipinski definition) is 3. The van der Waals surface area contributed by atoms with E-state index in [1.807, 2.05) is 39.8 Å². The molecule has 1 aromatic carbocycles. The Balaban J connectivity index is 1.73. The molecule has 4 rings (SSSR count). The molecule has 25 heavy (non-hydrogen) atoms. The van der Waals surface area contributed by atoms with Crippen molar-refractivity contribution >= 4 is 5.97 Å². The van der Waals surface area contributed by atoms with Crippen molar-refractivity contribution in [3.63, 3.8) is 0 Å².